The molecule has 5 fully saturated rings. The van der Waals surface area contributed by atoms with Gasteiger partial charge in [-0.1, -0.05) is 30.3 Å². The second-order valence-corrected chi connectivity index (χ2v) is 9.79. The highest BCUT2D eigenvalue weighted by atomic mass is 16.2. The first kappa shape index (κ1) is 17.9. The lowest BCUT2D eigenvalue weighted by Crippen LogP contribution is -2.64. The van der Waals surface area contributed by atoms with Crippen molar-refractivity contribution in [3.05, 3.63) is 35.9 Å². The number of hydrogen-bond acceptors (Lipinski definition) is 3. The first-order valence-electron chi connectivity index (χ1n) is 10.5. The third-order valence-electron chi connectivity index (χ3n) is 8.32. The summed E-state index contributed by atoms with van der Waals surface area (Å²) >= 11 is 0. The van der Waals surface area contributed by atoms with Crippen LogP contribution in [0.25, 0.3) is 0 Å². The van der Waals surface area contributed by atoms with Gasteiger partial charge in [0.15, 0.2) is 5.78 Å². The van der Waals surface area contributed by atoms with Crippen LogP contribution in [0.2, 0.25) is 0 Å². The smallest absolute Gasteiger partial charge is 0.312 e. The van der Waals surface area contributed by atoms with Crippen LogP contribution in [0.5, 0.6) is 0 Å². The number of nitrogens with zero attached hydrogens (tertiary/aromatic N) is 2. The van der Waals surface area contributed by atoms with Crippen LogP contribution in [-0.4, -0.2) is 46.7 Å². The predicted molar refractivity (Wildman–Crippen MR) is 105 cm³/mol. The van der Waals surface area contributed by atoms with E-state index in [1.54, 1.807) is 36.2 Å². The molecule has 1 aromatic carbocycles. The number of rotatable bonds is 4. The summed E-state index contributed by atoms with van der Waals surface area (Å²) in [6, 6.07) is 8.58. The van der Waals surface area contributed by atoms with E-state index in [4.69, 9.17) is 0 Å². The van der Waals surface area contributed by atoms with Gasteiger partial charge in [0.2, 0.25) is 0 Å². The molecule has 1 heterocycles. The number of benzene rings is 1. The van der Waals surface area contributed by atoms with Crippen LogP contribution >= 0.6 is 0 Å². The van der Waals surface area contributed by atoms with Crippen molar-refractivity contribution in [3.63, 3.8) is 0 Å². The second-order valence-electron chi connectivity index (χ2n) is 9.79. The Morgan fingerprint density at radius 2 is 1.54 bits per heavy atom. The Balaban J connectivity index is 1.46. The Bertz CT molecular complexity index is 813. The van der Waals surface area contributed by atoms with E-state index >= 15 is 0 Å². The molecule has 3 amide bonds. The number of amides is 3. The molecule has 4 aliphatic carbocycles. The minimum absolute atomic E-state index is 0.131. The molecule has 4 bridgehead atoms. The maximum atomic E-state index is 13.6. The van der Waals surface area contributed by atoms with Crippen LogP contribution in [0.15, 0.2) is 30.3 Å². The quantitative estimate of drug-likeness (QED) is 0.591. The summed E-state index contributed by atoms with van der Waals surface area (Å²) < 4.78 is 0. The van der Waals surface area contributed by atoms with Crippen molar-refractivity contribution in [1.82, 2.24) is 9.80 Å². The summed E-state index contributed by atoms with van der Waals surface area (Å²) in [5.74, 6) is 1.72. The summed E-state index contributed by atoms with van der Waals surface area (Å²) in [6.07, 6.45) is 6.99. The van der Waals surface area contributed by atoms with Crippen LogP contribution in [0, 0.1) is 23.2 Å². The summed E-state index contributed by atoms with van der Waals surface area (Å²) in [4.78, 5) is 42.3. The van der Waals surface area contributed by atoms with Crippen molar-refractivity contribution >= 4 is 17.7 Å². The number of likely N-dealkylation sites (N-methyl/N-ethyl adjacent to an activating group) is 1. The van der Waals surface area contributed by atoms with Crippen molar-refractivity contribution in [1.29, 1.82) is 0 Å². The van der Waals surface area contributed by atoms with E-state index in [0.717, 1.165) is 19.3 Å². The zero-order valence-electron chi connectivity index (χ0n) is 16.7. The van der Waals surface area contributed by atoms with Gasteiger partial charge in [-0.2, -0.15) is 0 Å². The molecule has 0 aromatic heterocycles. The number of carbonyl (C=O) groups excluding carboxylic acids is 3. The number of hydrogen-bond donors (Lipinski definition) is 0. The molecule has 0 spiro atoms. The molecular formula is C23H28N2O3. The molecule has 5 nitrogen and oxygen atoms in total. The van der Waals surface area contributed by atoms with Crippen molar-refractivity contribution < 1.29 is 14.4 Å². The highest BCUT2D eigenvalue weighted by molar-refractivity contribution is 6.11. The van der Waals surface area contributed by atoms with E-state index < -0.39 is 5.54 Å². The van der Waals surface area contributed by atoms with E-state index in [9.17, 15) is 14.4 Å². The standard InChI is InChI=1S/C23H28N2O3/c1-22(23-11-15-8-16(12-23)10-17(9-15)13-23)20(27)25(21(28)24(22)2)14-19(26)18-6-4-3-5-7-18/h3-7,15-17H,8-14H2,1-2H3. The monoisotopic (exact) mass is 380 g/mol. The zero-order valence-corrected chi connectivity index (χ0v) is 16.7. The van der Waals surface area contributed by atoms with Gasteiger partial charge in [0.1, 0.15) is 5.54 Å². The summed E-state index contributed by atoms with van der Waals surface area (Å²) in [5, 5.41) is 0. The van der Waals surface area contributed by atoms with E-state index in [2.05, 4.69) is 0 Å². The first-order valence-corrected chi connectivity index (χ1v) is 10.5. The Morgan fingerprint density at radius 1 is 1.00 bits per heavy atom. The van der Waals surface area contributed by atoms with Crippen LogP contribution in [0.3, 0.4) is 0 Å². The van der Waals surface area contributed by atoms with E-state index in [1.807, 2.05) is 13.0 Å². The van der Waals surface area contributed by atoms with Gasteiger partial charge in [0.25, 0.3) is 5.91 Å². The molecule has 5 aliphatic rings. The molecular weight excluding hydrogens is 352 g/mol. The Kier molecular flexibility index (Phi) is 3.78. The lowest BCUT2D eigenvalue weighted by atomic mass is 9.44. The minimum Gasteiger partial charge on any atom is -0.312 e. The zero-order chi connectivity index (χ0) is 19.7. The molecule has 1 aromatic rings. The molecule has 0 N–H and O–H groups in total. The lowest BCUT2D eigenvalue weighted by molar-refractivity contribution is -0.156. The summed E-state index contributed by atoms with van der Waals surface area (Å²) in [6.45, 7) is 1.79. The minimum atomic E-state index is -0.836. The van der Waals surface area contributed by atoms with Crippen LogP contribution in [0.4, 0.5) is 4.79 Å². The SMILES string of the molecule is CN1C(=O)N(CC(=O)c2ccccc2)C(=O)C1(C)C12CC3CC(CC(C3)C1)C2. The largest absolute Gasteiger partial charge is 0.327 e. The Hall–Kier alpha value is -2.17. The fourth-order valence-corrected chi connectivity index (χ4v) is 7.15. The van der Waals surface area contributed by atoms with Gasteiger partial charge >= 0.3 is 6.03 Å². The summed E-state index contributed by atoms with van der Waals surface area (Å²) in [7, 11) is 1.76. The van der Waals surface area contributed by atoms with Gasteiger partial charge in [-0.05, 0) is 63.2 Å². The fraction of sp³-hybridized carbons (Fsp3) is 0.609. The maximum Gasteiger partial charge on any atom is 0.327 e. The van der Waals surface area contributed by atoms with Gasteiger partial charge in [0, 0.05) is 18.0 Å². The normalized spacial score (nSPS) is 39.1. The van der Waals surface area contributed by atoms with E-state index in [-0.39, 0.29) is 29.7 Å². The molecule has 6 rings (SSSR count). The highest BCUT2D eigenvalue weighted by Gasteiger charge is 2.68. The Morgan fingerprint density at radius 3 is 2.07 bits per heavy atom. The number of ketones is 1. The topological polar surface area (TPSA) is 57.7 Å². The summed E-state index contributed by atoms with van der Waals surface area (Å²) in [5.41, 5.74) is -0.431. The molecule has 4 saturated carbocycles. The molecule has 0 radical (unpaired) electrons. The van der Waals surface area contributed by atoms with Gasteiger partial charge in [-0.15, -0.1) is 0 Å². The number of carbonyl (C=O) groups is 3. The average molecular weight is 380 g/mol. The van der Waals surface area contributed by atoms with E-state index in [1.165, 1.54) is 24.2 Å². The molecule has 1 atom stereocenters. The molecule has 1 aliphatic heterocycles. The van der Waals surface area contributed by atoms with Crippen LogP contribution in [0.1, 0.15) is 55.8 Å². The predicted octanol–water partition coefficient (Wildman–Crippen LogP) is 3.74. The number of Topliss-reactive ketones (excluding diaryl/α,β-unsaturated/α-hetero) is 1. The lowest BCUT2D eigenvalue weighted by Gasteiger charge is -2.62. The van der Waals surface area contributed by atoms with Gasteiger partial charge in [-0.3, -0.25) is 14.5 Å². The average Bonchev–Trinajstić information content (AvgIpc) is 2.84. The molecule has 28 heavy (non-hydrogen) atoms. The number of urea groups is 1. The molecule has 1 saturated heterocycles. The van der Waals surface area contributed by atoms with Gasteiger partial charge in [-0.25, -0.2) is 4.79 Å². The van der Waals surface area contributed by atoms with Crippen LogP contribution in [-0.2, 0) is 4.79 Å². The second kappa shape index (κ2) is 5.91. The van der Waals surface area contributed by atoms with Gasteiger partial charge in [0.05, 0.1) is 6.54 Å². The van der Waals surface area contributed by atoms with E-state index in [0.29, 0.717) is 23.3 Å². The molecule has 5 heteroatoms. The highest BCUT2D eigenvalue weighted by Crippen LogP contribution is 2.65. The van der Waals surface area contributed by atoms with Gasteiger partial charge < -0.3 is 4.90 Å². The van der Waals surface area contributed by atoms with Crippen molar-refractivity contribution in [2.24, 2.45) is 23.2 Å². The third-order valence-corrected chi connectivity index (χ3v) is 8.32. The third kappa shape index (κ3) is 2.28. The number of imide groups is 1. The van der Waals surface area contributed by atoms with Crippen molar-refractivity contribution in [2.45, 2.75) is 51.0 Å². The van der Waals surface area contributed by atoms with Crippen molar-refractivity contribution in [3.8, 4) is 0 Å². The molecule has 148 valence electrons. The Labute approximate surface area is 166 Å². The maximum absolute atomic E-state index is 13.6. The van der Waals surface area contributed by atoms with Crippen molar-refractivity contribution in [2.75, 3.05) is 13.6 Å². The first-order chi connectivity index (χ1) is 13.3. The fourth-order valence-electron chi connectivity index (χ4n) is 7.15. The van der Waals surface area contributed by atoms with Crippen LogP contribution < -0.4 is 0 Å². The molecule has 1 unspecified atom stereocenters.